The summed E-state index contributed by atoms with van der Waals surface area (Å²) in [7, 11) is 0. The van der Waals surface area contributed by atoms with Crippen LogP contribution in [0.15, 0.2) is 194 Å². The van der Waals surface area contributed by atoms with Crippen LogP contribution in [0.2, 0.25) is 0 Å². The number of fused-ring (bicyclic) bond motifs is 3. The van der Waals surface area contributed by atoms with Gasteiger partial charge in [0.15, 0.2) is 5.82 Å². The molecule has 0 saturated carbocycles. The van der Waals surface area contributed by atoms with Crippen molar-refractivity contribution >= 4 is 21.8 Å². The van der Waals surface area contributed by atoms with Crippen molar-refractivity contribution in [3.8, 4) is 79.0 Å². The number of hydrogen-bond donors (Lipinski definition) is 0. The lowest BCUT2D eigenvalue weighted by Gasteiger charge is -2.22. The minimum absolute atomic E-state index is 0.296. The molecule has 2 heterocycles. The van der Waals surface area contributed by atoms with Crippen molar-refractivity contribution in [2.45, 2.75) is 12.4 Å². The van der Waals surface area contributed by atoms with Crippen molar-refractivity contribution in [3.05, 3.63) is 211 Å². The minimum Gasteiger partial charge on any atom is -0.308 e. The number of rotatable bonds is 7. The molecule has 0 aliphatic rings. The zero-order valence-corrected chi connectivity index (χ0v) is 34.0. The van der Waals surface area contributed by atoms with Crippen molar-refractivity contribution in [2.75, 3.05) is 0 Å². The van der Waals surface area contributed by atoms with Gasteiger partial charge in [0.05, 0.1) is 50.9 Å². The van der Waals surface area contributed by atoms with Gasteiger partial charge in [0, 0.05) is 38.6 Å². The quantitative estimate of drug-likeness (QED) is 0.150. The van der Waals surface area contributed by atoms with Gasteiger partial charge in [-0.15, -0.1) is 0 Å². The van der Waals surface area contributed by atoms with Crippen molar-refractivity contribution in [1.29, 1.82) is 5.26 Å². The third kappa shape index (κ3) is 7.78. The largest absolute Gasteiger partial charge is 0.416 e. The zero-order valence-electron chi connectivity index (χ0n) is 34.0. The van der Waals surface area contributed by atoms with Gasteiger partial charge in [-0.25, -0.2) is 9.97 Å². The first-order valence-electron chi connectivity index (χ1n) is 20.5. The summed E-state index contributed by atoms with van der Waals surface area (Å²) in [6.45, 7) is 0. The van der Waals surface area contributed by atoms with E-state index >= 15 is 0 Å². The molecule has 4 nitrogen and oxygen atoms in total. The van der Waals surface area contributed by atoms with E-state index in [4.69, 9.17) is 9.97 Å². The molecule has 0 spiro atoms. The summed E-state index contributed by atoms with van der Waals surface area (Å²) in [5.74, 6) is 0.296. The van der Waals surface area contributed by atoms with Gasteiger partial charge < -0.3 is 4.57 Å². The Kier molecular flexibility index (Phi) is 10.1. The lowest BCUT2D eigenvalue weighted by atomic mass is 9.91. The maximum absolute atomic E-state index is 14.1. The van der Waals surface area contributed by atoms with Crippen molar-refractivity contribution in [2.24, 2.45) is 0 Å². The fraction of sp³-hybridized carbons (Fsp3) is 0.0364. The lowest BCUT2D eigenvalue weighted by Crippen LogP contribution is -2.06. The Morgan fingerprint density at radius 1 is 0.400 bits per heavy atom. The van der Waals surface area contributed by atoms with E-state index in [-0.39, 0.29) is 0 Å². The molecule has 0 fully saturated rings. The molecule has 0 saturated heterocycles. The molecule has 2 aromatic heterocycles. The fourth-order valence-corrected chi connectivity index (χ4v) is 8.37. The number of para-hydroxylation sites is 1. The molecular formula is C55H32F6N4. The van der Waals surface area contributed by atoms with Crippen LogP contribution in [0, 0.1) is 11.3 Å². The highest BCUT2D eigenvalue weighted by molar-refractivity contribution is 6.12. The Balaban J connectivity index is 1.31. The number of nitriles is 1. The number of halogens is 6. The van der Waals surface area contributed by atoms with E-state index in [1.165, 1.54) is 24.3 Å². The number of nitrogens with zero attached hydrogens (tertiary/aromatic N) is 4. The normalized spacial score (nSPS) is 11.8. The number of hydrogen-bond acceptors (Lipinski definition) is 3. The van der Waals surface area contributed by atoms with Crippen LogP contribution in [0.25, 0.3) is 94.8 Å². The molecule has 65 heavy (non-hydrogen) atoms. The first kappa shape index (κ1) is 40.8. The first-order chi connectivity index (χ1) is 31.4. The monoisotopic (exact) mass is 862 g/mol. The van der Waals surface area contributed by atoms with E-state index in [0.29, 0.717) is 56.3 Å². The summed E-state index contributed by atoms with van der Waals surface area (Å²) in [4.78, 5) is 10.1. The zero-order chi connectivity index (χ0) is 44.9. The summed E-state index contributed by atoms with van der Waals surface area (Å²) in [5.41, 5.74) is 7.65. The molecule has 0 aliphatic heterocycles. The van der Waals surface area contributed by atoms with Crippen molar-refractivity contribution in [1.82, 2.24) is 14.5 Å². The molecule has 0 N–H and O–H groups in total. The third-order valence-corrected chi connectivity index (χ3v) is 11.5. The second kappa shape index (κ2) is 16.1. The van der Waals surface area contributed by atoms with E-state index in [1.807, 2.05) is 144 Å². The fourth-order valence-electron chi connectivity index (χ4n) is 8.37. The summed E-state index contributed by atoms with van der Waals surface area (Å²) >= 11 is 0. The van der Waals surface area contributed by atoms with Gasteiger partial charge in [0.2, 0.25) is 0 Å². The smallest absolute Gasteiger partial charge is 0.308 e. The summed E-state index contributed by atoms with van der Waals surface area (Å²) in [6.07, 6.45) is -9.21. The predicted octanol–water partition coefficient (Wildman–Crippen LogP) is 15.5. The molecule has 0 amide bonds. The molecule has 10 aromatic rings. The Labute approximate surface area is 369 Å². The average Bonchev–Trinajstić information content (AvgIpc) is 3.67. The summed E-state index contributed by atoms with van der Waals surface area (Å²) in [6, 6.07) is 57.5. The highest BCUT2D eigenvalue weighted by atomic mass is 19.4. The number of aromatic nitrogens is 3. The van der Waals surface area contributed by atoms with Gasteiger partial charge in [0.25, 0.3) is 0 Å². The predicted molar refractivity (Wildman–Crippen MR) is 244 cm³/mol. The molecule has 0 radical (unpaired) electrons. The molecule has 314 valence electrons. The van der Waals surface area contributed by atoms with Crippen LogP contribution in [0.3, 0.4) is 0 Å². The lowest BCUT2D eigenvalue weighted by molar-refractivity contribution is -0.138. The van der Waals surface area contributed by atoms with Gasteiger partial charge in [-0.3, -0.25) is 0 Å². The van der Waals surface area contributed by atoms with Crippen LogP contribution in [-0.2, 0) is 12.4 Å². The van der Waals surface area contributed by atoms with Gasteiger partial charge in [-0.1, -0.05) is 121 Å². The van der Waals surface area contributed by atoms with E-state index in [2.05, 4.69) is 6.07 Å². The van der Waals surface area contributed by atoms with Crippen LogP contribution in [0.1, 0.15) is 16.7 Å². The summed E-state index contributed by atoms with van der Waals surface area (Å²) in [5, 5.41) is 11.3. The molecule has 0 aliphatic carbocycles. The van der Waals surface area contributed by atoms with Crippen molar-refractivity contribution < 1.29 is 26.3 Å². The maximum atomic E-state index is 14.1. The first-order valence-corrected chi connectivity index (χ1v) is 20.5. The van der Waals surface area contributed by atoms with Crippen molar-refractivity contribution in [3.63, 3.8) is 0 Å². The SMILES string of the molecule is N#Cc1cccc(-c2ccc3c(c2)c2ccccc2n3-c2c(-c3ccc(C(F)(F)F)cc3)cc(-c3nc(-c4ccccc4)cc(-c4ccccc4)n3)cc2-c2ccc(C(F)(F)F)cc2)c1. The maximum Gasteiger partial charge on any atom is 0.416 e. The molecule has 0 unspecified atom stereocenters. The van der Waals surface area contributed by atoms with Crippen LogP contribution < -0.4 is 0 Å². The highest BCUT2D eigenvalue weighted by Crippen LogP contribution is 2.45. The van der Waals surface area contributed by atoms with E-state index in [1.54, 1.807) is 6.07 Å². The molecule has 0 bridgehead atoms. The van der Waals surface area contributed by atoms with Gasteiger partial charge >= 0.3 is 12.4 Å². The van der Waals surface area contributed by atoms with Crippen LogP contribution >= 0.6 is 0 Å². The van der Waals surface area contributed by atoms with E-state index in [0.717, 1.165) is 68.3 Å². The second-order valence-electron chi connectivity index (χ2n) is 15.5. The Morgan fingerprint density at radius 3 is 1.42 bits per heavy atom. The number of benzene rings is 8. The third-order valence-electron chi connectivity index (χ3n) is 11.5. The van der Waals surface area contributed by atoms with Crippen LogP contribution in [0.4, 0.5) is 26.3 Å². The highest BCUT2D eigenvalue weighted by Gasteiger charge is 2.32. The molecule has 8 aromatic carbocycles. The average molecular weight is 863 g/mol. The Bertz CT molecular complexity index is 3300. The van der Waals surface area contributed by atoms with Crippen LogP contribution in [-0.4, -0.2) is 14.5 Å². The van der Waals surface area contributed by atoms with E-state index < -0.39 is 23.5 Å². The second-order valence-corrected chi connectivity index (χ2v) is 15.5. The van der Waals surface area contributed by atoms with Gasteiger partial charge in [-0.05, 0) is 95.1 Å². The van der Waals surface area contributed by atoms with Crippen LogP contribution in [0.5, 0.6) is 0 Å². The topological polar surface area (TPSA) is 54.5 Å². The Morgan fingerprint density at radius 2 is 0.877 bits per heavy atom. The number of alkyl halides is 6. The summed E-state index contributed by atoms with van der Waals surface area (Å²) < 4.78 is 86.6. The molecule has 10 rings (SSSR count). The van der Waals surface area contributed by atoms with E-state index in [9.17, 15) is 31.6 Å². The molecule has 0 atom stereocenters. The molecular weight excluding hydrogens is 831 g/mol. The van der Waals surface area contributed by atoms with Gasteiger partial charge in [0.1, 0.15) is 0 Å². The molecule has 10 heteroatoms. The standard InChI is InChI=1S/C55H32F6N4/c56-54(57,58)42-23-18-35(19-24-42)45-30-41(53-63-48(37-11-3-1-4-12-37)32-49(64-53)38-13-5-2-6-14-38)31-46(36-20-25-43(26-21-36)55(59,60)61)52(45)65-50-17-8-7-16-44(50)47-29-40(22-27-51(47)65)39-15-9-10-34(28-39)33-62/h1-32H. The Hall–Kier alpha value is -8.29. The minimum atomic E-state index is -4.61. The van der Waals surface area contributed by atoms with Gasteiger partial charge in [-0.2, -0.15) is 31.6 Å².